The predicted octanol–water partition coefficient (Wildman–Crippen LogP) is 1.83. The maximum Gasteiger partial charge on any atom is 0.254 e. The lowest BCUT2D eigenvalue weighted by atomic mass is 9.99. The largest absolute Gasteiger partial charge is 0.332 e. The Morgan fingerprint density at radius 2 is 1.87 bits per heavy atom. The van der Waals surface area contributed by atoms with E-state index in [2.05, 4.69) is 9.97 Å². The average molecular weight is 407 g/mol. The van der Waals surface area contributed by atoms with E-state index in [9.17, 15) is 14.4 Å². The number of H-pyrrole nitrogens is 1. The molecular weight excluding hydrogens is 382 g/mol. The number of fused-ring (bicyclic) bond motifs is 1. The number of piperidine rings is 1. The van der Waals surface area contributed by atoms with Crippen LogP contribution in [0.4, 0.5) is 0 Å². The number of likely N-dealkylation sites (tertiary alicyclic amines) is 1. The van der Waals surface area contributed by atoms with Gasteiger partial charge in [0.15, 0.2) is 0 Å². The smallest absolute Gasteiger partial charge is 0.254 e. The molecule has 1 atom stereocenters. The molecule has 0 bridgehead atoms. The van der Waals surface area contributed by atoms with Crippen molar-refractivity contribution in [2.45, 2.75) is 51.1 Å². The normalized spacial score (nSPS) is 21.3. The molecule has 0 spiro atoms. The van der Waals surface area contributed by atoms with Gasteiger partial charge < -0.3 is 14.8 Å². The van der Waals surface area contributed by atoms with Gasteiger partial charge in [0, 0.05) is 42.5 Å². The highest BCUT2D eigenvalue weighted by Crippen LogP contribution is 2.37. The summed E-state index contributed by atoms with van der Waals surface area (Å²) in [5, 5.41) is 0. The van der Waals surface area contributed by atoms with Gasteiger partial charge in [0.1, 0.15) is 5.82 Å². The summed E-state index contributed by atoms with van der Waals surface area (Å²) >= 11 is 0. The van der Waals surface area contributed by atoms with Crippen LogP contribution in [0.3, 0.4) is 0 Å². The fourth-order valence-electron chi connectivity index (χ4n) is 4.51. The van der Waals surface area contributed by atoms with Crippen molar-refractivity contribution < 1.29 is 9.59 Å². The standard InChI is InChI=1S/C22H25N5O3/c28-20-16-8-12-26(21(29)15-6-9-23-10-7-15)13-17(16)24-19(25-20)18-3-1-2-11-27(18)22(30)14-4-5-14/h6-7,9-10,14,18H,1-5,8,11-13H2,(H,24,25,28). The van der Waals surface area contributed by atoms with Crippen LogP contribution >= 0.6 is 0 Å². The van der Waals surface area contributed by atoms with Crippen LogP contribution < -0.4 is 5.56 Å². The molecule has 2 fully saturated rings. The van der Waals surface area contributed by atoms with Crippen molar-refractivity contribution in [3.8, 4) is 0 Å². The minimum atomic E-state index is -0.184. The Morgan fingerprint density at radius 3 is 2.63 bits per heavy atom. The van der Waals surface area contributed by atoms with Crippen molar-refractivity contribution in [1.29, 1.82) is 0 Å². The Balaban J connectivity index is 1.43. The SMILES string of the molecule is O=C(c1ccncc1)N1CCc2c(nc(C3CCCCN3C(=O)C3CC3)[nH]c2=O)C1. The molecule has 2 aliphatic heterocycles. The minimum absolute atomic E-state index is 0.0881. The molecule has 5 rings (SSSR count). The summed E-state index contributed by atoms with van der Waals surface area (Å²) in [6.45, 7) is 1.50. The summed E-state index contributed by atoms with van der Waals surface area (Å²) in [6, 6.07) is 3.20. The highest BCUT2D eigenvalue weighted by atomic mass is 16.2. The second-order valence-corrected chi connectivity index (χ2v) is 8.41. The zero-order chi connectivity index (χ0) is 20.7. The van der Waals surface area contributed by atoms with Crippen LogP contribution in [0.1, 0.15) is 65.6 Å². The van der Waals surface area contributed by atoms with Crippen LogP contribution in [0.2, 0.25) is 0 Å². The van der Waals surface area contributed by atoms with Crippen molar-refractivity contribution in [2.75, 3.05) is 13.1 Å². The van der Waals surface area contributed by atoms with E-state index in [1.807, 2.05) is 4.90 Å². The average Bonchev–Trinajstić information content (AvgIpc) is 3.64. The summed E-state index contributed by atoms with van der Waals surface area (Å²) in [7, 11) is 0. The Labute approximate surface area is 174 Å². The minimum Gasteiger partial charge on any atom is -0.332 e. The number of amides is 2. The van der Waals surface area contributed by atoms with Crippen molar-refractivity contribution >= 4 is 11.8 Å². The molecule has 2 aromatic heterocycles. The van der Waals surface area contributed by atoms with Crippen molar-refractivity contribution in [1.82, 2.24) is 24.8 Å². The second kappa shape index (κ2) is 7.66. The molecule has 1 N–H and O–H groups in total. The third-order valence-corrected chi connectivity index (χ3v) is 6.33. The fraction of sp³-hybridized carbons (Fsp3) is 0.500. The summed E-state index contributed by atoms with van der Waals surface area (Å²) in [5.41, 5.74) is 1.72. The van der Waals surface area contributed by atoms with Gasteiger partial charge in [-0.15, -0.1) is 0 Å². The summed E-state index contributed by atoms with van der Waals surface area (Å²) in [6.07, 6.45) is 8.39. The molecule has 0 aromatic carbocycles. The van der Waals surface area contributed by atoms with Gasteiger partial charge >= 0.3 is 0 Å². The molecule has 156 valence electrons. The number of nitrogens with zero attached hydrogens (tertiary/aromatic N) is 4. The van der Waals surface area contributed by atoms with E-state index in [1.165, 1.54) is 0 Å². The van der Waals surface area contributed by atoms with E-state index < -0.39 is 0 Å². The lowest BCUT2D eigenvalue weighted by Crippen LogP contribution is -2.43. The van der Waals surface area contributed by atoms with Gasteiger partial charge in [0.2, 0.25) is 5.91 Å². The molecule has 2 aromatic rings. The number of carbonyl (C=O) groups is 2. The number of carbonyl (C=O) groups excluding carboxylic acids is 2. The molecule has 8 nitrogen and oxygen atoms in total. The molecule has 2 amide bonds. The van der Waals surface area contributed by atoms with Crippen molar-refractivity contribution in [3.63, 3.8) is 0 Å². The van der Waals surface area contributed by atoms with E-state index in [0.29, 0.717) is 48.7 Å². The fourth-order valence-corrected chi connectivity index (χ4v) is 4.51. The van der Waals surface area contributed by atoms with Gasteiger partial charge in [0.05, 0.1) is 18.3 Å². The monoisotopic (exact) mass is 407 g/mol. The number of aromatic nitrogens is 3. The molecule has 3 aliphatic rings. The van der Waals surface area contributed by atoms with Crippen LogP contribution in [-0.2, 0) is 17.8 Å². The first kappa shape index (κ1) is 19.0. The maximum absolute atomic E-state index is 12.8. The van der Waals surface area contributed by atoms with Crippen LogP contribution in [0.25, 0.3) is 0 Å². The number of nitrogens with one attached hydrogen (secondary N) is 1. The van der Waals surface area contributed by atoms with Gasteiger partial charge in [-0.1, -0.05) is 0 Å². The molecule has 1 unspecified atom stereocenters. The summed E-state index contributed by atoms with van der Waals surface area (Å²) < 4.78 is 0. The molecule has 0 radical (unpaired) electrons. The zero-order valence-corrected chi connectivity index (χ0v) is 16.8. The van der Waals surface area contributed by atoms with Gasteiger partial charge in [-0.05, 0) is 50.7 Å². The topological polar surface area (TPSA) is 99.3 Å². The Bertz CT molecular complexity index is 1030. The molecule has 1 saturated heterocycles. The Morgan fingerprint density at radius 1 is 1.07 bits per heavy atom. The van der Waals surface area contributed by atoms with E-state index >= 15 is 0 Å². The first-order chi connectivity index (χ1) is 14.6. The van der Waals surface area contributed by atoms with Crippen LogP contribution in [0, 0.1) is 5.92 Å². The summed E-state index contributed by atoms with van der Waals surface area (Å²) in [5.74, 6) is 0.804. The highest BCUT2D eigenvalue weighted by Gasteiger charge is 2.39. The second-order valence-electron chi connectivity index (χ2n) is 8.41. The quantitative estimate of drug-likeness (QED) is 0.837. The third kappa shape index (κ3) is 3.51. The number of pyridine rings is 1. The number of hydrogen-bond acceptors (Lipinski definition) is 5. The molecular formula is C22H25N5O3. The van der Waals surface area contributed by atoms with Crippen molar-refractivity contribution in [3.05, 3.63) is 57.5 Å². The first-order valence-electron chi connectivity index (χ1n) is 10.7. The van der Waals surface area contributed by atoms with Gasteiger partial charge in [-0.3, -0.25) is 19.4 Å². The molecule has 1 aliphatic carbocycles. The van der Waals surface area contributed by atoms with Crippen LogP contribution in [0.5, 0.6) is 0 Å². The van der Waals surface area contributed by atoms with Gasteiger partial charge in [0.25, 0.3) is 11.5 Å². The Hall–Kier alpha value is -3.03. The third-order valence-electron chi connectivity index (χ3n) is 6.33. The maximum atomic E-state index is 12.8. The van der Waals surface area contributed by atoms with E-state index in [4.69, 9.17) is 4.98 Å². The predicted molar refractivity (Wildman–Crippen MR) is 109 cm³/mol. The van der Waals surface area contributed by atoms with Crippen molar-refractivity contribution in [2.24, 2.45) is 5.92 Å². The lowest BCUT2D eigenvalue weighted by molar-refractivity contribution is -0.136. The van der Waals surface area contributed by atoms with Crippen LogP contribution in [-0.4, -0.2) is 49.7 Å². The van der Waals surface area contributed by atoms with Crippen LogP contribution in [0.15, 0.2) is 29.3 Å². The van der Waals surface area contributed by atoms with E-state index in [1.54, 1.807) is 29.4 Å². The number of hydrogen-bond donors (Lipinski definition) is 1. The van der Waals surface area contributed by atoms with Gasteiger partial charge in [-0.25, -0.2) is 4.98 Å². The highest BCUT2D eigenvalue weighted by molar-refractivity contribution is 5.94. The molecule has 8 heteroatoms. The zero-order valence-electron chi connectivity index (χ0n) is 16.8. The van der Waals surface area contributed by atoms with Gasteiger partial charge in [-0.2, -0.15) is 0 Å². The van der Waals surface area contributed by atoms with E-state index in [0.717, 1.165) is 32.1 Å². The Kier molecular flexibility index (Phi) is 4.84. The first-order valence-corrected chi connectivity index (χ1v) is 10.7. The number of rotatable bonds is 3. The molecule has 30 heavy (non-hydrogen) atoms. The number of aromatic amines is 1. The lowest BCUT2D eigenvalue weighted by Gasteiger charge is -2.36. The van der Waals surface area contributed by atoms with E-state index in [-0.39, 0.29) is 29.3 Å². The molecule has 4 heterocycles. The molecule has 1 saturated carbocycles. The summed E-state index contributed by atoms with van der Waals surface area (Å²) in [4.78, 5) is 53.7.